The predicted octanol–water partition coefficient (Wildman–Crippen LogP) is 5.08. The number of rotatable bonds is 7. The Balaban J connectivity index is 1.63. The largest absolute Gasteiger partial charge is 0.466 e. The summed E-state index contributed by atoms with van der Waals surface area (Å²) in [5.41, 5.74) is 0.518. The third-order valence-corrected chi connectivity index (χ3v) is 5.29. The van der Waals surface area contributed by atoms with Crippen LogP contribution < -0.4 is 0 Å². The fraction of sp³-hybridized carbons (Fsp3) is 0.520. The van der Waals surface area contributed by atoms with Crippen molar-refractivity contribution in [3.63, 3.8) is 0 Å². The number of carbonyl (C=O) groups excluding carboxylic acids is 2. The highest BCUT2D eigenvalue weighted by Crippen LogP contribution is 2.27. The van der Waals surface area contributed by atoms with Crippen molar-refractivity contribution in [2.75, 3.05) is 13.2 Å². The third-order valence-electron chi connectivity index (χ3n) is 5.29. The molecule has 3 rings (SSSR count). The first-order valence-corrected chi connectivity index (χ1v) is 11.0. The Hall–Kier alpha value is -2.60. The van der Waals surface area contributed by atoms with Crippen LogP contribution in [0, 0.1) is 0 Å². The fourth-order valence-corrected chi connectivity index (χ4v) is 3.87. The van der Waals surface area contributed by atoms with Gasteiger partial charge in [-0.15, -0.1) is 0 Å². The van der Waals surface area contributed by atoms with E-state index in [2.05, 4.69) is 30.3 Å². The van der Waals surface area contributed by atoms with E-state index in [-0.39, 0.29) is 30.6 Å². The number of hydrogen-bond acceptors (Lipinski definition) is 5. The lowest BCUT2D eigenvalue weighted by Gasteiger charge is -2.28. The van der Waals surface area contributed by atoms with E-state index < -0.39 is 5.60 Å². The molecule has 0 unspecified atom stereocenters. The van der Waals surface area contributed by atoms with Crippen LogP contribution in [0.1, 0.15) is 52.5 Å². The van der Waals surface area contributed by atoms with Gasteiger partial charge in [0.25, 0.3) is 0 Å². The molecule has 2 aromatic carbocycles. The summed E-state index contributed by atoms with van der Waals surface area (Å²) in [5.74, 6) is -0.243. The molecule has 1 saturated heterocycles. The van der Waals surface area contributed by atoms with Crippen LogP contribution in [0.25, 0.3) is 10.8 Å². The van der Waals surface area contributed by atoms with Crippen LogP contribution in [0.15, 0.2) is 42.5 Å². The molecule has 0 bridgehead atoms. The first-order chi connectivity index (χ1) is 14.7. The zero-order valence-corrected chi connectivity index (χ0v) is 18.9. The molecule has 0 N–H and O–H groups in total. The molecule has 31 heavy (non-hydrogen) atoms. The number of benzene rings is 2. The number of likely N-dealkylation sites (tertiary alicyclic amines) is 1. The first-order valence-electron chi connectivity index (χ1n) is 11.0. The van der Waals surface area contributed by atoms with E-state index in [4.69, 9.17) is 14.2 Å². The third kappa shape index (κ3) is 6.69. The molecule has 0 radical (unpaired) electrons. The van der Waals surface area contributed by atoms with E-state index in [0.717, 1.165) is 5.56 Å². The van der Waals surface area contributed by atoms with Crippen molar-refractivity contribution in [1.29, 1.82) is 0 Å². The monoisotopic (exact) mass is 427 g/mol. The van der Waals surface area contributed by atoms with E-state index in [0.29, 0.717) is 32.6 Å². The number of amides is 1. The Kier molecular flexibility index (Phi) is 7.55. The number of esters is 1. The number of nitrogens with zero attached hydrogens (tertiary/aromatic N) is 1. The minimum absolute atomic E-state index is 0.105. The molecule has 6 nitrogen and oxygen atoms in total. The van der Waals surface area contributed by atoms with Crippen molar-refractivity contribution >= 4 is 22.8 Å². The normalized spacial score (nSPS) is 18.9. The zero-order valence-electron chi connectivity index (χ0n) is 18.9. The van der Waals surface area contributed by atoms with Crippen molar-refractivity contribution in [2.45, 2.75) is 71.3 Å². The lowest BCUT2D eigenvalue weighted by Crippen LogP contribution is -2.40. The van der Waals surface area contributed by atoms with E-state index in [1.807, 2.05) is 32.9 Å². The van der Waals surface area contributed by atoms with Gasteiger partial charge in [-0.2, -0.15) is 0 Å². The molecule has 2 atom stereocenters. The van der Waals surface area contributed by atoms with Crippen LogP contribution in [0.4, 0.5) is 4.79 Å². The Morgan fingerprint density at radius 1 is 1.10 bits per heavy atom. The maximum atomic E-state index is 12.7. The molecule has 1 aliphatic heterocycles. The van der Waals surface area contributed by atoms with Crippen LogP contribution in [0.3, 0.4) is 0 Å². The van der Waals surface area contributed by atoms with Crippen molar-refractivity contribution in [2.24, 2.45) is 0 Å². The number of hydrogen-bond donors (Lipinski definition) is 0. The molecule has 2 aromatic rings. The summed E-state index contributed by atoms with van der Waals surface area (Å²) in [6.45, 7) is 8.62. The molecule has 168 valence electrons. The summed E-state index contributed by atoms with van der Waals surface area (Å²) in [4.78, 5) is 26.3. The number of carbonyl (C=O) groups is 2. The standard InChI is InChI=1S/C25H33NO5/c1-5-29-23(27)13-12-21-15-22(16-26(21)24(28)31-25(2,3)4)30-17-18-10-11-19-8-6-7-9-20(19)14-18/h6-11,14,21-22H,5,12-13,15-17H2,1-4H3/t21-,22+/m0/s1. The van der Waals surface area contributed by atoms with Crippen molar-refractivity contribution in [3.05, 3.63) is 48.0 Å². The Morgan fingerprint density at radius 3 is 2.55 bits per heavy atom. The van der Waals surface area contributed by atoms with Crippen LogP contribution in [0.5, 0.6) is 0 Å². The molecule has 0 aliphatic carbocycles. The maximum Gasteiger partial charge on any atom is 0.410 e. The highest BCUT2D eigenvalue weighted by atomic mass is 16.6. The zero-order chi connectivity index (χ0) is 22.4. The second kappa shape index (κ2) is 10.1. The van der Waals surface area contributed by atoms with Crippen molar-refractivity contribution in [1.82, 2.24) is 4.90 Å². The molecule has 6 heteroatoms. The van der Waals surface area contributed by atoms with Gasteiger partial charge < -0.3 is 19.1 Å². The van der Waals surface area contributed by atoms with Gasteiger partial charge in [0, 0.05) is 12.5 Å². The summed E-state index contributed by atoms with van der Waals surface area (Å²) in [6, 6.07) is 14.4. The summed E-state index contributed by atoms with van der Waals surface area (Å²) < 4.78 is 16.8. The van der Waals surface area contributed by atoms with Gasteiger partial charge in [-0.05, 0) is 62.9 Å². The summed E-state index contributed by atoms with van der Waals surface area (Å²) in [5, 5.41) is 2.37. The lowest BCUT2D eigenvalue weighted by atomic mass is 10.1. The van der Waals surface area contributed by atoms with Crippen LogP contribution in [-0.4, -0.2) is 47.9 Å². The van der Waals surface area contributed by atoms with Gasteiger partial charge in [0.15, 0.2) is 0 Å². The molecule has 0 aromatic heterocycles. The van der Waals surface area contributed by atoms with Gasteiger partial charge in [-0.3, -0.25) is 4.79 Å². The molecule has 1 heterocycles. The summed E-state index contributed by atoms with van der Waals surface area (Å²) in [6.07, 6.45) is 1.01. The Bertz CT molecular complexity index is 904. The van der Waals surface area contributed by atoms with Crippen LogP contribution >= 0.6 is 0 Å². The lowest BCUT2D eigenvalue weighted by molar-refractivity contribution is -0.143. The van der Waals surface area contributed by atoms with E-state index in [1.165, 1.54) is 10.8 Å². The minimum Gasteiger partial charge on any atom is -0.466 e. The van der Waals surface area contributed by atoms with Gasteiger partial charge in [0.1, 0.15) is 5.60 Å². The van der Waals surface area contributed by atoms with Gasteiger partial charge >= 0.3 is 12.1 Å². The first kappa shape index (κ1) is 23.1. The molecular formula is C25H33NO5. The van der Waals surface area contributed by atoms with Crippen molar-refractivity contribution in [3.8, 4) is 0 Å². The highest BCUT2D eigenvalue weighted by molar-refractivity contribution is 5.82. The van der Waals surface area contributed by atoms with Gasteiger partial charge in [-0.1, -0.05) is 36.4 Å². The van der Waals surface area contributed by atoms with Crippen molar-refractivity contribution < 1.29 is 23.8 Å². The summed E-state index contributed by atoms with van der Waals surface area (Å²) in [7, 11) is 0. The average molecular weight is 428 g/mol. The molecule has 0 saturated carbocycles. The van der Waals surface area contributed by atoms with Crippen LogP contribution in [-0.2, 0) is 25.6 Å². The summed E-state index contributed by atoms with van der Waals surface area (Å²) >= 11 is 0. The molecule has 1 amide bonds. The molecule has 1 aliphatic rings. The minimum atomic E-state index is -0.577. The average Bonchev–Trinajstić information content (AvgIpc) is 3.13. The van der Waals surface area contributed by atoms with Gasteiger partial charge in [-0.25, -0.2) is 4.79 Å². The quantitative estimate of drug-likeness (QED) is 0.577. The SMILES string of the molecule is CCOC(=O)CC[C@H]1C[C@@H](OCc2ccc3ccccc3c2)CN1C(=O)OC(C)(C)C. The Labute approximate surface area is 184 Å². The maximum absolute atomic E-state index is 12.7. The smallest absolute Gasteiger partial charge is 0.410 e. The predicted molar refractivity (Wildman–Crippen MR) is 120 cm³/mol. The molecule has 0 spiro atoms. The molecule has 1 fully saturated rings. The van der Waals surface area contributed by atoms with Gasteiger partial charge in [0.05, 0.1) is 25.9 Å². The van der Waals surface area contributed by atoms with E-state index in [9.17, 15) is 9.59 Å². The number of fused-ring (bicyclic) bond motifs is 1. The molecular weight excluding hydrogens is 394 g/mol. The topological polar surface area (TPSA) is 65.1 Å². The van der Waals surface area contributed by atoms with E-state index in [1.54, 1.807) is 11.8 Å². The van der Waals surface area contributed by atoms with Crippen LogP contribution in [0.2, 0.25) is 0 Å². The second-order valence-electron chi connectivity index (χ2n) is 8.98. The highest BCUT2D eigenvalue weighted by Gasteiger charge is 2.38. The fourth-order valence-electron chi connectivity index (χ4n) is 3.87. The van der Waals surface area contributed by atoms with E-state index >= 15 is 0 Å². The number of ether oxygens (including phenoxy) is 3. The Morgan fingerprint density at radius 2 is 1.84 bits per heavy atom. The second-order valence-corrected chi connectivity index (χ2v) is 8.98. The van der Waals surface area contributed by atoms with Gasteiger partial charge in [0.2, 0.25) is 0 Å².